The molecule has 0 aliphatic carbocycles. The Morgan fingerprint density at radius 2 is 1.59 bits per heavy atom. The smallest absolute Gasteiger partial charge is 0.253 e. The van der Waals surface area contributed by atoms with Gasteiger partial charge in [0, 0.05) is 31.4 Å². The lowest BCUT2D eigenvalue weighted by molar-refractivity contribution is 0.0785. The largest absolute Gasteiger partial charge is 0.381 e. The molecule has 0 bridgehead atoms. The molecule has 3 rings (SSSR count). The molecule has 1 N–H and O–H groups in total. The summed E-state index contributed by atoms with van der Waals surface area (Å²) < 4.78 is 0. The van der Waals surface area contributed by atoms with Gasteiger partial charge < -0.3 is 10.2 Å². The van der Waals surface area contributed by atoms with Gasteiger partial charge in [0.2, 0.25) is 0 Å². The Bertz CT molecular complexity index is 890. The fourth-order valence-electron chi connectivity index (χ4n) is 3.16. The Balaban J connectivity index is 1.66. The van der Waals surface area contributed by atoms with Crippen molar-refractivity contribution < 1.29 is 4.79 Å². The monoisotopic (exact) mass is 358 g/mol. The molecule has 1 amide bonds. The number of hydrogen-bond acceptors (Lipinski definition) is 2. The second kappa shape index (κ2) is 9.04. The van der Waals surface area contributed by atoms with E-state index >= 15 is 0 Å². The number of hydrogen-bond donors (Lipinski definition) is 1. The van der Waals surface area contributed by atoms with Gasteiger partial charge in [-0.1, -0.05) is 67.6 Å². The van der Waals surface area contributed by atoms with E-state index in [0.717, 1.165) is 28.8 Å². The maximum absolute atomic E-state index is 12.8. The van der Waals surface area contributed by atoms with Gasteiger partial charge >= 0.3 is 0 Å². The molecule has 0 unspecified atom stereocenters. The van der Waals surface area contributed by atoms with E-state index in [9.17, 15) is 4.79 Å². The van der Waals surface area contributed by atoms with Crippen LogP contribution in [0, 0.1) is 0 Å². The van der Waals surface area contributed by atoms with Crippen molar-refractivity contribution in [2.75, 3.05) is 12.4 Å². The van der Waals surface area contributed by atoms with Gasteiger partial charge in [0.05, 0.1) is 0 Å². The minimum atomic E-state index is 0.0367. The average molecular weight is 358 g/mol. The maximum atomic E-state index is 12.8. The number of rotatable bonds is 7. The average Bonchev–Trinajstić information content (AvgIpc) is 2.72. The summed E-state index contributed by atoms with van der Waals surface area (Å²) in [5, 5.41) is 3.49. The summed E-state index contributed by atoms with van der Waals surface area (Å²) in [6, 6.07) is 26.2. The first-order valence-electron chi connectivity index (χ1n) is 9.37. The molecule has 3 aromatic rings. The topological polar surface area (TPSA) is 32.3 Å². The van der Waals surface area contributed by atoms with Crippen molar-refractivity contribution in [1.82, 2.24) is 4.90 Å². The van der Waals surface area contributed by atoms with Gasteiger partial charge in [-0.25, -0.2) is 0 Å². The number of nitrogens with one attached hydrogen (secondary N) is 1. The number of benzene rings is 3. The van der Waals surface area contributed by atoms with Crippen molar-refractivity contribution in [2.45, 2.75) is 26.4 Å². The lowest BCUT2D eigenvalue weighted by Crippen LogP contribution is -2.26. The van der Waals surface area contributed by atoms with Gasteiger partial charge in [0.25, 0.3) is 5.91 Å². The van der Waals surface area contributed by atoms with Crippen molar-refractivity contribution in [2.24, 2.45) is 0 Å². The molecule has 27 heavy (non-hydrogen) atoms. The molecular weight excluding hydrogens is 332 g/mol. The molecule has 0 aliphatic heterocycles. The van der Waals surface area contributed by atoms with E-state index in [1.54, 1.807) is 4.90 Å². The van der Waals surface area contributed by atoms with Gasteiger partial charge in [-0.05, 0) is 41.3 Å². The summed E-state index contributed by atoms with van der Waals surface area (Å²) in [4.78, 5) is 14.5. The number of para-hydroxylation sites is 1. The third-order valence-corrected chi connectivity index (χ3v) is 4.66. The minimum absolute atomic E-state index is 0.0367. The zero-order chi connectivity index (χ0) is 19.1. The van der Waals surface area contributed by atoms with Crippen LogP contribution in [0.25, 0.3) is 0 Å². The molecule has 0 fully saturated rings. The number of nitrogens with zero attached hydrogens (tertiary/aromatic N) is 1. The van der Waals surface area contributed by atoms with E-state index in [2.05, 4.69) is 36.5 Å². The number of aryl methyl sites for hydroxylation is 1. The number of anilines is 1. The van der Waals surface area contributed by atoms with Crippen LogP contribution in [0.15, 0.2) is 78.9 Å². The fraction of sp³-hybridized carbons (Fsp3) is 0.208. The van der Waals surface area contributed by atoms with Crippen LogP contribution < -0.4 is 5.32 Å². The number of amides is 1. The molecular formula is C24H26N2O. The lowest BCUT2D eigenvalue weighted by atomic mass is 10.1. The first-order chi connectivity index (χ1) is 13.2. The lowest BCUT2D eigenvalue weighted by Gasteiger charge is -2.18. The predicted molar refractivity (Wildman–Crippen MR) is 112 cm³/mol. The van der Waals surface area contributed by atoms with Crippen LogP contribution in [0.2, 0.25) is 0 Å². The molecule has 3 aromatic carbocycles. The Labute approximate surface area is 161 Å². The van der Waals surface area contributed by atoms with E-state index in [4.69, 9.17) is 0 Å². The van der Waals surface area contributed by atoms with Crippen molar-refractivity contribution >= 4 is 11.6 Å². The standard InChI is InChI=1S/C24H26N2O/c1-3-21-13-7-8-15-23(21)25-17-20-12-9-14-22(16-20)24(27)26(2)18-19-10-5-4-6-11-19/h4-16,25H,3,17-18H2,1-2H3. The van der Waals surface area contributed by atoms with E-state index in [0.29, 0.717) is 13.1 Å². The highest BCUT2D eigenvalue weighted by atomic mass is 16.2. The zero-order valence-corrected chi connectivity index (χ0v) is 16.0. The Hall–Kier alpha value is -3.07. The van der Waals surface area contributed by atoms with Crippen molar-refractivity contribution in [3.05, 3.63) is 101 Å². The maximum Gasteiger partial charge on any atom is 0.253 e. The van der Waals surface area contributed by atoms with E-state index < -0.39 is 0 Å². The SMILES string of the molecule is CCc1ccccc1NCc1cccc(C(=O)N(C)Cc2ccccc2)c1. The van der Waals surface area contributed by atoms with Gasteiger partial charge in [-0.2, -0.15) is 0 Å². The molecule has 0 saturated heterocycles. The molecule has 0 atom stereocenters. The molecule has 0 aromatic heterocycles. The molecule has 0 radical (unpaired) electrons. The summed E-state index contributed by atoms with van der Waals surface area (Å²) in [7, 11) is 1.84. The summed E-state index contributed by atoms with van der Waals surface area (Å²) in [6.07, 6.45) is 0.992. The van der Waals surface area contributed by atoms with Crippen LogP contribution in [0.5, 0.6) is 0 Å². The zero-order valence-electron chi connectivity index (χ0n) is 16.0. The van der Waals surface area contributed by atoms with Crippen LogP contribution in [0.4, 0.5) is 5.69 Å². The van der Waals surface area contributed by atoms with Gasteiger partial charge in [-0.3, -0.25) is 4.79 Å². The van der Waals surface area contributed by atoms with Crippen LogP contribution in [-0.2, 0) is 19.5 Å². The summed E-state index contributed by atoms with van der Waals surface area (Å²) >= 11 is 0. The summed E-state index contributed by atoms with van der Waals surface area (Å²) in [6.45, 7) is 3.45. The number of carbonyl (C=O) groups excluding carboxylic acids is 1. The normalized spacial score (nSPS) is 10.4. The highest BCUT2D eigenvalue weighted by Gasteiger charge is 2.12. The second-order valence-electron chi connectivity index (χ2n) is 6.71. The van der Waals surface area contributed by atoms with Crippen LogP contribution in [0.1, 0.15) is 34.0 Å². The Morgan fingerprint density at radius 3 is 2.37 bits per heavy atom. The Kier molecular flexibility index (Phi) is 6.26. The number of carbonyl (C=O) groups is 1. The van der Waals surface area contributed by atoms with E-state index in [-0.39, 0.29) is 5.91 Å². The van der Waals surface area contributed by atoms with Gasteiger partial charge in [0.1, 0.15) is 0 Å². The quantitative estimate of drug-likeness (QED) is 0.635. The van der Waals surface area contributed by atoms with Gasteiger partial charge in [0.15, 0.2) is 0 Å². The molecule has 0 aliphatic rings. The first kappa shape index (κ1) is 18.7. The highest BCUT2D eigenvalue weighted by molar-refractivity contribution is 5.94. The van der Waals surface area contributed by atoms with Crippen molar-refractivity contribution in [3.63, 3.8) is 0 Å². The molecule has 3 nitrogen and oxygen atoms in total. The predicted octanol–water partition coefficient (Wildman–Crippen LogP) is 5.13. The second-order valence-corrected chi connectivity index (χ2v) is 6.71. The summed E-state index contributed by atoms with van der Waals surface area (Å²) in [5.41, 5.74) is 5.39. The van der Waals surface area contributed by atoms with E-state index in [1.807, 2.05) is 61.6 Å². The minimum Gasteiger partial charge on any atom is -0.381 e. The molecule has 0 heterocycles. The third-order valence-electron chi connectivity index (χ3n) is 4.66. The van der Waals surface area contributed by atoms with E-state index in [1.165, 1.54) is 5.56 Å². The summed E-state index contributed by atoms with van der Waals surface area (Å²) in [5.74, 6) is 0.0367. The van der Waals surface area contributed by atoms with Crippen LogP contribution in [-0.4, -0.2) is 17.9 Å². The van der Waals surface area contributed by atoms with Crippen molar-refractivity contribution in [3.8, 4) is 0 Å². The molecule has 0 spiro atoms. The van der Waals surface area contributed by atoms with Crippen LogP contribution >= 0.6 is 0 Å². The highest BCUT2D eigenvalue weighted by Crippen LogP contribution is 2.17. The first-order valence-corrected chi connectivity index (χ1v) is 9.37. The fourth-order valence-corrected chi connectivity index (χ4v) is 3.16. The molecule has 3 heteroatoms. The van der Waals surface area contributed by atoms with Gasteiger partial charge in [-0.15, -0.1) is 0 Å². The Morgan fingerprint density at radius 1 is 0.889 bits per heavy atom. The van der Waals surface area contributed by atoms with Crippen LogP contribution in [0.3, 0.4) is 0 Å². The molecule has 138 valence electrons. The third kappa shape index (κ3) is 4.98. The molecule has 0 saturated carbocycles. The van der Waals surface area contributed by atoms with Crippen molar-refractivity contribution in [1.29, 1.82) is 0 Å².